The van der Waals surface area contributed by atoms with Gasteiger partial charge in [0.05, 0.1) is 19.3 Å². The number of hydrogen-bond donors (Lipinski definition) is 1. The Labute approximate surface area is 125 Å². The van der Waals surface area contributed by atoms with Gasteiger partial charge in [0.15, 0.2) is 0 Å². The highest BCUT2D eigenvalue weighted by Gasteiger charge is 2.25. The molecule has 1 N–H and O–H groups in total. The fourth-order valence-corrected chi connectivity index (χ4v) is 2.33. The van der Waals surface area contributed by atoms with E-state index in [1.165, 1.54) is 0 Å². The van der Waals surface area contributed by atoms with Crippen LogP contribution in [0.25, 0.3) is 0 Å². The van der Waals surface area contributed by atoms with Gasteiger partial charge in [-0.2, -0.15) is 0 Å². The summed E-state index contributed by atoms with van der Waals surface area (Å²) in [6.07, 6.45) is 1.33. The first-order valence-corrected chi connectivity index (χ1v) is 7.18. The molecule has 0 spiro atoms. The van der Waals surface area contributed by atoms with Crippen LogP contribution in [-0.2, 0) is 4.74 Å². The topological polar surface area (TPSA) is 49.8 Å². The highest BCUT2D eigenvalue weighted by Crippen LogP contribution is 2.17. The summed E-state index contributed by atoms with van der Waals surface area (Å²) in [5.74, 6) is 5.86. The highest BCUT2D eigenvalue weighted by molar-refractivity contribution is 5.96. The number of carbonyl (C=O) groups is 1. The van der Waals surface area contributed by atoms with Crippen molar-refractivity contribution in [3.63, 3.8) is 0 Å². The van der Waals surface area contributed by atoms with Gasteiger partial charge in [-0.05, 0) is 31.0 Å². The lowest BCUT2D eigenvalue weighted by atomic mass is 10.0. The third kappa shape index (κ3) is 3.84. The quantitative estimate of drug-likeness (QED) is 0.859. The highest BCUT2D eigenvalue weighted by atomic mass is 16.5. The van der Waals surface area contributed by atoms with E-state index in [9.17, 15) is 4.79 Å². The average Bonchev–Trinajstić information content (AvgIpc) is 3.02. The molecule has 1 fully saturated rings. The summed E-state index contributed by atoms with van der Waals surface area (Å²) in [4.78, 5) is 14.4. The summed E-state index contributed by atoms with van der Waals surface area (Å²) >= 11 is 0. The smallest absolute Gasteiger partial charge is 0.254 e. The molecule has 1 aliphatic heterocycles. The van der Waals surface area contributed by atoms with Crippen molar-refractivity contribution in [1.29, 1.82) is 0 Å². The zero-order valence-electron chi connectivity index (χ0n) is 12.6. The molecule has 1 atom stereocenters. The third-order valence-corrected chi connectivity index (χ3v) is 3.71. The number of hydrogen-bond acceptors (Lipinski definition) is 3. The van der Waals surface area contributed by atoms with Crippen molar-refractivity contribution < 1.29 is 14.6 Å². The number of carbonyl (C=O) groups excluding carboxylic acids is 1. The van der Waals surface area contributed by atoms with Gasteiger partial charge >= 0.3 is 0 Å². The van der Waals surface area contributed by atoms with E-state index >= 15 is 0 Å². The molecule has 1 unspecified atom stereocenters. The molecule has 1 saturated heterocycles. The van der Waals surface area contributed by atoms with E-state index < -0.39 is 0 Å². The van der Waals surface area contributed by atoms with Crippen LogP contribution in [0.1, 0.15) is 34.3 Å². The summed E-state index contributed by atoms with van der Waals surface area (Å²) in [6.45, 7) is 3.30. The largest absolute Gasteiger partial charge is 0.395 e. The lowest BCUT2D eigenvalue weighted by molar-refractivity contribution is 0.0710. The molecule has 4 nitrogen and oxygen atoms in total. The summed E-state index contributed by atoms with van der Waals surface area (Å²) in [5.41, 5.74) is 2.42. The Kier molecular flexibility index (Phi) is 5.38. The Morgan fingerprint density at radius 2 is 2.33 bits per heavy atom. The number of likely N-dealkylation sites (N-methyl/N-ethyl adjacent to an activating group) is 1. The second-order valence-corrected chi connectivity index (χ2v) is 5.24. The Morgan fingerprint density at radius 3 is 3.00 bits per heavy atom. The molecular weight excluding hydrogens is 266 g/mol. The normalized spacial score (nSPS) is 17.2. The van der Waals surface area contributed by atoms with Gasteiger partial charge in [-0.25, -0.2) is 0 Å². The van der Waals surface area contributed by atoms with Gasteiger partial charge in [-0.15, -0.1) is 0 Å². The number of aryl methyl sites for hydroxylation is 1. The van der Waals surface area contributed by atoms with Crippen LogP contribution in [0.4, 0.5) is 0 Å². The average molecular weight is 287 g/mol. The summed E-state index contributed by atoms with van der Waals surface area (Å²) < 4.78 is 5.34. The van der Waals surface area contributed by atoms with E-state index in [4.69, 9.17) is 9.84 Å². The first-order chi connectivity index (χ1) is 10.1. The molecule has 1 aliphatic rings. The van der Waals surface area contributed by atoms with Crippen molar-refractivity contribution in [2.75, 3.05) is 26.9 Å². The van der Waals surface area contributed by atoms with Gasteiger partial charge in [0.25, 0.3) is 5.91 Å². The maximum absolute atomic E-state index is 12.6. The van der Waals surface area contributed by atoms with Crippen molar-refractivity contribution in [3.8, 4) is 11.8 Å². The van der Waals surface area contributed by atoms with E-state index in [2.05, 4.69) is 11.8 Å². The van der Waals surface area contributed by atoms with E-state index in [0.717, 1.165) is 17.5 Å². The molecule has 4 heteroatoms. The molecular formula is C17H21NO3. The van der Waals surface area contributed by atoms with Crippen LogP contribution in [0.2, 0.25) is 0 Å². The molecule has 21 heavy (non-hydrogen) atoms. The number of benzene rings is 1. The first-order valence-electron chi connectivity index (χ1n) is 7.18. The number of amides is 1. The summed E-state index contributed by atoms with van der Waals surface area (Å²) in [7, 11) is 1.82. The standard InChI is InChI=1S/C17H21NO3/c1-13-6-7-14(5-3-4-9-19)11-16(13)17(20)18(2)15-8-10-21-12-15/h6-7,11,15,19H,4,8-10,12H2,1-2H3. The lowest BCUT2D eigenvalue weighted by Crippen LogP contribution is -2.37. The lowest BCUT2D eigenvalue weighted by Gasteiger charge is -2.24. The monoisotopic (exact) mass is 287 g/mol. The van der Waals surface area contributed by atoms with Crippen molar-refractivity contribution in [1.82, 2.24) is 4.90 Å². The predicted octanol–water partition coefficient (Wildman–Crippen LogP) is 1.59. The Balaban J connectivity index is 2.19. The second kappa shape index (κ2) is 7.26. The zero-order chi connectivity index (χ0) is 15.2. The predicted molar refractivity (Wildman–Crippen MR) is 81.1 cm³/mol. The molecule has 0 bridgehead atoms. The van der Waals surface area contributed by atoms with Crippen LogP contribution in [-0.4, -0.2) is 48.8 Å². The van der Waals surface area contributed by atoms with Gasteiger partial charge in [-0.1, -0.05) is 17.9 Å². The number of ether oxygens (including phenoxy) is 1. The summed E-state index contributed by atoms with van der Waals surface area (Å²) in [6, 6.07) is 5.79. The molecule has 1 amide bonds. The summed E-state index contributed by atoms with van der Waals surface area (Å²) in [5, 5.41) is 8.75. The van der Waals surface area contributed by atoms with Crippen LogP contribution in [0, 0.1) is 18.8 Å². The van der Waals surface area contributed by atoms with Crippen molar-refractivity contribution in [2.24, 2.45) is 0 Å². The Morgan fingerprint density at radius 1 is 1.52 bits per heavy atom. The van der Waals surface area contributed by atoms with E-state index in [0.29, 0.717) is 25.2 Å². The van der Waals surface area contributed by atoms with Gasteiger partial charge in [-0.3, -0.25) is 4.79 Å². The minimum Gasteiger partial charge on any atom is -0.395 e. The number of nitrogens with zero attached hydrogens (tertiary/aromatic N) is 1. The van der Waals surface area contributed by atoms with Crippen LogP contribution in [0.15, 0.2) is 18.2 Å². The van der Waals surface area contributed by atoms with Gasteiger partial charge < -0.3 is 14.7 Å². The molecule has 0 saturated carbocycles. The van der Waals surface area contributed by atoms with E-state index in [-0.39, 0.29) is 18.6 Å². The molecule has 0 aliphatic carbocycles. The molecule has 1 aromatic carbocycles. The number of rotatable bonds is 3. The van der Waals surface area contributed by atoms with E-state index in [1.54, 1.807) is 4.90 Å². The zero-order valence-corrected chi connectivity index (χ0v) is 12.6. The molecule has 0 radical (unpaired) electrons. The van der Waals surface area contributed by atoms with Gasteiger partial charge in [0.2, 0.25) is 0 Å². The van der Waals surface area contributed by atoms with Crippen LogP contribution >= 0.6 is 0 Å². The fraction of sp³-hybridized carbons (Fsp3) is 0.471. The molecule has 0 aromatic heterocycles. The number of aliphatic hydroxyl groups excluding tert-OH is 1. The Hall–Kier alpha value is -1.83. The van der Waals surface area contributed by atoms with E-state index in [1.807, 2.05) is 32.2 Å². The van der Waals surface area contributed by atoms with Crippen LogP contribution < -0.4 is 0 Å². The maximum atomic E-state index is 12.6. The van der Waals surface area contributed by atoms with Gasteiger partial charge in [0.1, 0.15) is 0 Å². The minimum atomic E-state index is 0.00816. The van der Waals surface area contributed by atoms with Crippen LogP contribution in [0.3, 0.4) is 0 Å². The Bertz CT molecular complexity index is 565. The van der Waals surface area contributed by atoms with Crippen molar-refractivity contribution in [3.05, 3.63) is 34.9 Å². The van der Waals surface area contributed by atoms with Crippen molar-refractivity contribution >= 4 is 5.91 Å². The van der Waals surface area contributed by atoms with Gasteiger partial charge in [0, 0.05) is 31.2 Å². The molecule has 1 aromatic rings. The maximum Gasteiger partial charge on any atom is 0.254 e. The molecule has 2 rings (SSSR count). The van der Waals surface area contributed by atoms with Crippen LogP contribution in [0.5, 0.6) is 0 Å². The third-order valence-electron chi connectivity index (χ3n) is 3.71. The SMILES string of the molecule is Cc1ccc(C#CCCO)cc1C(=O)N(C)C1CCOC1. The molecule has 1 heterocycles. The second-order valence-electron chi connectivity index (χ2n) is 5.24. The minimum absolute atomic E-state index is 0.00816. The molecule has 112 valence electrons. The first kappa shape index (κ1) is 15.6. The number of aliphatic hydroxyl groups is 1. The van der Waals surface area contributed by atoms with Crippen molar-refractivity contribution in [2.45, 2.75) is 25.8 Å². The fourth-order valence-electron chi connectivity index (χ4n) is 2.33.